The molecule has 1 saturated heterocycles. The SMILES string of the molecule is CCC[C@@]1(C(=O)O)CN(C(=O)c2nc3ccc(Cl)cn3c2F)CC[C@@H]1O. The van der Waals surface area contributed by atoms with Crippen LogP contribution in [0.2, 0.25) is 5.02 Å². The van der Waals surface area contributed by atoms with E-state index in [0.717, 1.165) is 4.40 Å². The minimum atomic E-state index is -1.46. The smallest absolute Gasteiger partial charge is 0.314 e. The Hall–Kier alpha value is -2.19. The van der Waals surface area contributed by atoms with Gasteiger partial charge in [-0.25, -0.2) is 4.98 Å². The molecule has 140 valence electrons. The Bertz CT molecular complexity index is 871. The maximum absolute atomic E-state index is 14.6. The molecule has 9 heteroatoms. The van der Waals surface area contributed by atoms with Crippen molar-refractivity contribution in [2.45, 2.75) is 32.3 Å². The summed E-state index contributed by atoms with van der Waals surface area (Å²) < 4.78 is 15.7. The number of nitrogens with zero attached hydrogens (tertiary/aromatic N) is 3. The molecule has 3 heterocycles. The predicted molar refractivity (Wildman–Crippen MR) is 91.7 cm³/mol. The lowest BCUT2D eigenvalue weighted by Crippen LogP contribution is -2.57. The van der Waals surface area contributed by atoms with Gasteiger partial charge in [-0.3, -0.25) is 14.0 Å². The standard InChI is InChI=1S/C17H19ClFN3O4/c1-2-6-17(16(25)26)9-21(7-5-11(17)23)15(24)13-14(19)22-8-10(18)3-4-12(22)20-13/h3-4,8,11,23H,2,5-7,9H2,1H3,(H,25,26)/t11-,17+/m0/s1. The van der Waals surface area contributed by atoms with Crippen molar-refractivity contribution in [3.05, 3.63) is 35.0 Å². The lowest BCUT2D eigenvalue weighted by molar-refractivity contribution is -0.162. The summed E-state index contributed by atoms with van der Waals surface area (Å²) in [5.41, 5.74) is -1.62. The molecule has 1 fully saturated rings. The second kappa shape index (κ2) is 6.85. The molecule has 0 spiro atoms. The number of aliphatic hydroxyl groups excluding tert-OH is 1. The molecule has 26 heavy (non-hydrogen) atoms. The number of carbonyl (C=O) groups is 2. The number of carboxylic acid groups (broad SMARTS) is 1. The van der Waals surface area contributed by atoms with Gasteiger partial charge >= 0.3 is 5.97 Å². The molecule has 1 aliphatic rings. The zero-order chi connectivity index (χ0) is 19.1. The van der Waals surface area contributed by atoms with Crippen LogP contribution in [0.5, 0.6) is 0 Å². The van der Waals surface area contributed by atoms with Crippen molar-refractivity contribution in [2.75, 3.05) is 13.1 Å². The summed E-state index contributed by atoms with van der Waals surface area (Å²) in [5, 5.41) is 20.2. The van der Waals surface area contributed by atoms with E-state index in [2.05, 4.69) is 4.98 Å². The highest BCUT2D eigenvalue weighted by atomic mass is 35.5. The van der Waals surface area contributed by atoms with E-state index in [1.165, 1.54) is 23.2 Å². The van der Waals surface area contributed by atoms with Crippen LogP contribution in [0.25, 0.3) is 5.65 Å². The molecule has 0 radical (unpaired) electrons. The average Bonchev–Trinajstić information content (AvgIpc) is 2.92. The lowest BCUT2D eigenvalue weighted by atomic mass is 9.74. The second-order valence-corrected chi connectivity index (χ2v) is 7.01. The van der Waals surface area contributed by atoms with Gasteiger partial charge in [0.25, 0.3) is 5.91 Å². The van der Waals surface area contributed by atoms with Crippen molar-refractivity contribution in [3.8, 4) is 0 Å². The Labute approximate surface area is 154 Å². The number of likely N-dealkylation sites (tertiary alicyclic amines) is 1. The average molecular weight is 384 g/mol. The number of pyridine rings is 1. The molecule has 7 nitrogen and oxygen atoms in total. The molecule has 0 bridgehead atoms. The lowest BCUT2D eigenvalue weighted by Gasteiger charge is -2.43. The predicted octanol–water partition coefficient (Wildman–Crippen LogP) is 2.20. The largest absolute Gasteiger partial charge is 0.481 e. The number of hydrogen-bond acceptors (Lipinski definition) is 4. The first-order valence-corrected chi connectivity index (χ1v) is 8.72. The summed E-state index contributed by atoms with van der Waals surface area (Å²) in [7, 11) is 0. The second-order valence-electron chi connectivity index (χ2n) is 6.57. The zero-order valence-corrected chi connectivity index (χ0v) is 14.9. The highest BCUT2D eigenvalue weighted by molar-refractivity contribution is 6.30. The van der Waals surface area contributed by atoms with Crippen LogP contribution in [0, 0.1) is 11.4 Å². The Morgan fingerprint density at radius 1 is 1.46 bits per heavy atom. The van der Waals surface area contributed by atoms with E-state index in [9.17, 15) is 24.2 Å². The maximum Gasteiger partial charge on any atom is 0.314 e. The number of aromatic nitrogens is 2. The van der Waals surface area contributed by atoms with E-state index < -0.39 is 29.3 Å². The monoisotopic (exact) mass is 383 g/mol. The third-order valence-corrected chi connectivity index (χ3v) is 5.14. The molecule has 1 aliphatic heterocycles. The van der Waals surface area contributed by atoms with Crippen molar-refractivity contribution in [1.82, 2.24) is 14.3 Å². The summed E-state index contributed by atoms with van der Waals surface area (Å²) in [5.74, 6) is -2.71. The van der Waals surface area contributed by atoms with Gasteiger partial charge in [-0.2, -0.15) is 4.39 Å². The summed E-state index contributed by atoms with van der Waals surface area (Å²) in [4.78, 5) is 29.9. The van der Waals surface area contributed by atoms with Gasteiger partial charge in [-0.15, -0.1) is 0 Å². The molecule has 1 amide bonds. The topological polar surface area (TPSA) is 95.1 Å². The van der Waals surface area contributed by atoms with Crippen LogP contribution in [-0.2, 0) is 4.79 Å². The molecule has 0 aromatic carbocycles. The number of carbonyl (C=O) groups excluding carboxylic acids is 1. The Morgan fingerprint density at radius 3 is 2.85 bits per heavy atom. The van der Waals surface area contributed by atoms with Gasteiger partial charge in [0.15, 0.2) is 5.69 Å². The van der Waals surface area contributed by atoms with Gasteiger partial charge in [0.1, 0.15) is 11.1 Å². The molecule has 0 unspecified atom stereocenters. The number of carboxylic acids is 1. The number of piperidine rings is 1. The van der Waals surface area contributed by atoms with Crippen LogP contribution in [0.1, 0.15) is 36.7 Å². The third-order valence-electron chi connectivity index (χ3n) is 4.92. The molecule has 2 N–H and O–H groups in total. The quantitative estimate of drug-likeness (QED) is 0.844. The summed E-state index contributed by atoms with van der Waals surface area (Å²) in [6, 6.07) is 3.02. The number of aliphatic carboxylic acids is 1. The molecule has 2 aromatic heterocycles. The molecular formula is C17H19ClFN3O4. The van der Waals surface area contributed by atoms with E-state index in [1.54, 1.807) is 0 Å². The van der Waals surface area contributed by atoms with Gasteiger partial charge in [0.05, 0.1) is 11.1 Å². The van der Waals surface area contributed by atoms with Crippen molar-refractivity contribution < 1.29 is 24.2 Å². The van der Waals surface area contributed by atoms with E-state index in [4.69, 9.17) is 11.6 Å². The highest BCUT2D eigenvalue weighted by Gasteiger charge is 2.49. The number of hydrogen-bond donors (Lipinski definition) is 2. The van der Waals surface area contributed by atoms with Gasteiger partial charge in [-0.1, -0.05) is 24.9 Å². The maximum atomic E-state index is 14.6. The molecule has 3 rings (SSSR count). The van der Waals surface area contributed by atoms with Crippen LogP contribution >= 0.6 is 11.6 Å². The van der Waals surface area contributed by atoms with Crippen LogP contribution in [0.3, 0.4) is 0 Å². The van der Waals surface area contributed by atoms with Crippen molar-refractivity contribution in [3.63, 3.8) is 0 Å². The number of aliphatic hydroxyl groups is 1. The van der Waals surface area contributed by atoms with Crippen molar-refractivity contribution in [1.29, 1.82) is 0 Å². The van der Waals surface area contributed by atoms with E-state index >= 15 is 0 Å². The fourth-order valence-electron chi connectivity index (χ4n) is 3.54. The number of rotatable bonds is 4. The molecule has 0 aliphatic carbocycles. The number of imidazole rings is 1. The molecule has 2 aromatic rings. The zero-order valence-electron chi connectivity index (χ0n) is 14.2. The molecular weight excluding hydrogens is 365 g/mol. The minimum absolute atomic E-state index is 0.110. The van der Waals surface area contributed by atoms with Crippen molar-refractivity contribution >= 4 is 29.1 Å². The molecule has 0 saturated carbocycles. The summed E-state index contributed by atoms with van der Waals surface area (Å²) in [6.45, 7) is 1.75. The molecule has 2 atom stereocenters. The fraction of sp³-hybridized carbons (Fsp3) is 0.471. The van der Waals surface area contributed by atoms with Crippen LogP contribution < -0.4 is 0 Å². The first-order valence-electron chi connectivity index (χ1n) is 8.34. The summed E-state index contributed by atoms with van der Waals surface area (Å²) in [6.07, 6.45) is 1.12. The van der Waals surface area contributed by atoms with E-state index in [0.29, 0.717) is 11.4 Å². The number of fused-ring (bicyclic) bond motifs is 1. The Morgan fingerprint density at radius 2 is 2.19 bits per heavy atom. The first-order chi connectivity index (χ1) is 12.3. The first kappa shape index (κ1) is 18.6. The normalized spacial score (nSPS) is 23.4. The Balaban J connectivity index is 1.95. The fourth-order valence-corrected chi connectivity index (χ4v) is 3.70. The van der Waals surface area contributed by atoms with E-state index in [-0.39, 0.29) is 37.3 Å². The third kappa shape index (κ3) is 2.93. The number of halogens is 2. The van der Waals surface area contributed by atoms with Gasteiger partial charge in [-0.05, 0) is 25.0 Å². The highest BCUT2D eigenvalue weighted by Crippen LogP contribution is 2.36. The van der Waals surface area contributed by atoms with Gasteiger partial charge < -0.3 is 15.1 Å². The van der Waals surface area contributed by atoms with Gasteiger partial charge in [0.2, 0.25) is 5.95 Å². The van der Waals surface area contributed by atoms with E-state index in [1.807, 2.05) is 6.92 Å². The van der Waals surface area contributed by atoms with Gasteiger partial charge in [0, 0.05) is 19.3 Å². The Kier molecular flexibility index (Phi) is 4.90. The van der Waals surface area contributed by atoms with Crippen LogP contribution in [-0.4, -0.2) is 55.6 Å². The van der Waals surface area contributed by atoms with Crippen molar-refractivity contribution in [2.24, 2.45) is 5.41 Å². The number of amides is 1. The summed E-state index contributed by atoms with van der Waals surface area (Å²) >= 11 is 5.85. The van der Waals surface area contributed by atoms with Crippen LogP contribution in [0.15, 0.2) is 18.3 Å². The minimum Gasteiger partial charge on any atom is -0.481 e. The van der Waals surface area contributed by atoms with Crippen LogP contribution in [0.4, 0.5) is 4.39 Å².